The number of hydrogen-bond donors (Lipinski definition) is 1. The van der Waals surface area contributed by atoms with Crippen molar-refractivity contribution in [2.75, 3.05) is 26.2 Å². The average Bonchev–Trinajstić information content (AvgIpc) is 3.33. The number of carbonyl (C=O) groups excluding carboxylic acids is 2. The molecule has 4 rings (SSSR count). The van der Waals surface area contributed by atoms with E-state index in [1.807, 2.05) is 50.3 Å². The number of fused-ring (bicyclic) bond motifs is 1. The van der Waals surface area contributed by atoms with Crippen molar-refractivity contribution < 1.29 is 19.5 Å². The van der Waals surface area contributed by atoms with Crippen LogP contribution in [0.25, 0.3) is 4.96 Å². The van der Waals surface area contributed by atoms with Gasteiger partial charge in [-0.15, -0.1) is 22.7 Å². The molecule has 1 aliphatic rings. The summed E-state index contributed by atoms with van der Waals surface area (Å²) in [6.45, 7) is 4.26. The van der Waals surface area contributed by atoms with Gasteiger partial charge < -0.3 is 14.9 Å². The second-order valence-corrected chi connectivity index (χ2v) is 8.36. The van der Waals surface area contributed by atoms with Gasteiger partial charge in [-0.05, 0) is 30.4 Å². The summed E-state index contributed by atoms with van der Waals surface area (Å²) in [4.78, 5) is 43.7. The van der Waals surface area contributed by atoms with Gasteiger partial charge in [0.25, 0.3) is 12.4 Å². The Balaban J connectivity index is 0.000000755. The molecule has 0 bridgehead atoms. The maximum absolute atomic E-state index is 12.7. The molecule has 0 aromatic carbocycles. The molecule has 154 valence electrons. The minimum absolute atomic E-state index is 0.0809. The molecule has 4 heterocycles. The van der Waals surface area contributed by atoms with Crippen molar-refractivity contribution in [1.29, 1.82) is 0 Å². The summed E-state index contributed by atoms with van der Waals surface area (Å²) in [5.74, 6) is 0.165. The maximum Gasteiger partial charge on any atom is 0.290 e. The quantitative estimate of drug-likeness (QED) is 0.639. The molecule has 29 heavy (non-hydrogen) atoms. The number of aromatic nitrogens is 2. The summed E-state index contributed by atoms with van der Waals surface area (Å²) in [7, 11) is 0. The van der Waals surface area contributed by atoms with Crippen LogP contribution < -0.4 is 0 Å². The molecule has 3 aromatic rings. The molecule has 0 aliphatic carbocycles. The van der Waals surface area contributed by atoms with Gasteiger partial charge in [-0.25, -0.2) is 4.98 Å². The van der Waals surface area contributed by atoms with Crippen LogP contribution >= 0.6 is 22.7 Å². The number of hydrogen-bond acceptors (Lipinski definition) is 6. The van der Waals surface area contributed by atoms with Gasteiger partial charge in [-0.3, -0.25) is 18.8 Å². The molecule has 1 aliphatic heterocycles. The zero-order valence-electron chi connectivity index (χ0n) is 16.0. The van der Waals surface area contributed by atoms with Gasteiger partial charge in [0.15, 0.2) is 4.96 Å². The van der Waals surface area contributed by atoms with Crippen LogP contribution in [0.2, 0.25) is 0 Å². The molecule has 1 N–H and O–H groups in total. The fourth-order valence-electron chi connectivity index (χ4n) is 3.23. The zero-order chi connectivity index (χ0) is 20.8. The highest BCUT2D eigenvalue weighted by Crippen LogP contribution is 2.19. The van der Waals surface area contributed by atoms with Crippen LogP contribution in [0.1, 0.15) is 27.3 Å². The molecule has 1 saturated heterocycles. The van der Waals surface area contributed by atoms with E-state index in [1.54, 1.807) is 11.3 Å². The van der Waals surface area contributed by atoms with Crippen LogP contribution in [0.15, 0.2) is 29.2 Å². The summed E-state index contributed by atoms with van der Waals surface area (Å²) in [5.41, 5.74) is 1.82. The monoisotopic (exact) mass is 434 g/mol. The molecule has 0 atom stereocenters. The van der Waals surface area contributed by atoms with Gasteiger partial charge in [0.2, 0.25) is 5.91 Å². The van der Waals surface area contributed by atoms with Crippen LogP contribution in [0.4, 0.5) is 0 Å². The Bertz CT molecular complexity index is 965. The van der Waals surface area contributed by atoms with Gasteiger partial charge in [0.1, 0.15) is 0 Å². The van der Waals surface area contributed by atoms with E-state index in [9.17, 15) is 9.59 Å². The van der Waals surface area contributed by atoms with E-state index in [0.29, 0.717) is 32.6 Å². The van der Waals surface area contributed by atoms with E-state index in [1.165, 1.54) is 11.3 Å². The predicted molar refractivity (Wildman–Crippen MR) is 112 cm³/mol. The fraction of sp³-hybridized carbons (Fsp3) is 0.368. The lowest BCUT2D eigenvalue weighted by molar-refractivity contribution is -0.130. The third-order valence-electron chi connectivity index (χ3n) is 4.67. The van der Waals surface area contributed by atoms with Crippen molar-refractivity contribution in [2.45, 2.75) is 19.8 Å². The molecular formula is C19H22N4O4S2. The number of aryl methyl sites for hydroxylation is 1. The SMILES string of the molecule is Cc1ccsc1C(=O)N1CCCN(C(=O)Cc2cn3ccsc3n2)CC1.O=CO. The smallest absolute Gasteiger partial charge is 0.290 e. The summed E-state index contributed by atoms with van der Waals surface area (Å²) in [6, 6.07) is 1.97. The maximum atomic E-state index is 12.7. The minimum atomic E-state index is -0.250. The van der Waals surface area contributed by atoms with Crippen molar-refractivity contribution in [3.8, 4) is 0 Å². The number of carboxylic acid groups (broad SMARTS) is 1. The van der Waals surface area contributed by atoms with Crippen molar-refractivity contribution in [2.24, 2.45) is 0 Å². The number of thiazole rings is 1. The van der Waals surface area contributed by atoms with E-state index in [2.05, 4.69) is 4.98 Å². The first-order valence-electron chi connectivity index (χ1n) is 9.13. The van der Waals surface area contributed by atoms with Crippen LogP contribution in [0, 0.1) is 6.92 Å². The number of imidazole rings is 1. The van der Waals surface area contributed by atoms with Crippen molar-refractivity contribution in [1.82, 2.24) is 19.2 Å². The van der Waals surface area contributed by atoms with Crippen molar-refractivity contribution >= 4 is 45.9 Å². The topological polar surface area (TPSA) is 95.2 Å². The standard InChI is InChI=1S/C18H20N4O2S2.CH2O2/c1-13-3-9-25-16(13)17(24)21-5-2-4-20(6-7-21)15(23)11-14-12-22-8-10-26-18(22)19-14;2-1-3/h3,8-10,12H,2,4-7,11H2,1H3;1H,(H,2,3). The molecule has 0 unspecified atom stereocenters. The average molecular weight is 435 g/mol. The Morgan fingerprint density at radius 1 is 1.17 bits per heavy atom. The van der Waals surface area contributed by atoms with Gasteiger partial charge in [0.05, 0.1) is 17.0 Å². The Morgan fingerprint density at radius 2 is 1.90 bits per heavy atom. The summed E-state index contributed by atoms with van der Waals surface area (Å²) >= 11 is 3.05. The van der Waals surface area contributed by atoms with Crippen LogP contribution in [-0.4, -0.2) is 68.8 Å². The minimum Gasteiger partial charge on any atom is -0.483 e. The molecule has 0 saturated carbocycles. The Morgan fingerprint density at radius 3 is 2.59 bits per heavy atom. The van der Waals surface area contributed by atoms with E-state index < -0.39 is 0 Å². The second-order valence-electron chi connectivity index (χ2n) is 6.57. The van der Waals surface area contributed by atoms with Crippen LogP contribution in [-0.2, 0) is 16.0 Å². The lowest BCUT2D eigenvalue weighted by Crippen LogP contribution is -2.38. The van der Waals surface area contributed by atoms with Gasteiger partial charge >= 0.3 is 0 Å². The first-order valence-corrected chi connectivity index (χ1v) is 10.9. The van der Waals surface area contributed by atoms with E-state index in [0.717, 1.165) is 27.5 Å². The molecule has 0 radical (unpaired) electrons. The number of carbonyl (C=O) groups is 3. The first-order chi connectivity index (χ1) is 14.0. The van der Waals surface area contributed by atoms with Crippen LogP contribution in [0.3, 0.4) is 0 Å². The number of thiophene rings is 1. The van der Waals surface area contributed by atoms with Crippen molar-refractivity contribution in [3.63, 3.8) is 0 Å². The Kier molecular flexibility index (Phi) is 6.99. The summed E-state index contributed by atoms with van der Waals surface area (Å²) < 4.78 is 1.94. The third kappa shape index (κ3) is 5.01. The predicted octanol–water partition coefficient (Wildman–Crippen LogP) is 2.38. The molecular weight excluding hydrogens is 412 g/mol. The molecule has 1 fully saturated rings. The lowest BCUT2D eigenvalue weighted by Gasteiger charge is -2.22. The largest absolute Gasteiger partial charge is 0.483 e. The van der Waals surface area contributed by atoms with E-state index in [4.69, 9.17) is 9.90 Å². The first kappa shape index (κ1) is 21.0. The second kappa shape index (κ2) is 9.66. The Labute approximate surface area is 176 Å². The van der Waals surface area contributed by atoms with Crippen molar-refractivity contribution in [3.05, 3.63) is 45.4 Å². The summed E-state index contributed by atoms with van der Waals surface area (Å²) in [6.07, 6.45) is 4.98. The van der Waals surface area contributed by atoms with E-state index in [-0.39, 0.29) is 18.3 Å². The Hall–Kier alpha value is -2.72. The molecule has 0 spiro atoms. The highest BCUT2D eigenvalue weighted by atomic mass is 32.1. The van der Waals surface area contributed by atoms with Crippen LogP contribution in [0.5, 0.6) is 0 Å². The van der Waals surface area contributed by atoms with Gasteiger partial charge in [-0.2, -0.15) is 0 Å². The normalized spacial score (nSPS) is 14.2. The summed E-state index contributed by atoms with van der Waals surface area (Å²) in [5, 5.41) is 10.8. The fourth-order valence-corrected chi connectivity index (χ4v) is 4.84. The lowest BCUT2D eigenvalue weighted by atomic mass is 10.2. The highest BCUT2D eigenvalue weighted by molar-refractivity contribution is 7.15. The number of amides is 2. The number of rotatable bonds is 3. The molecule has 2 amide bonds. The highest BCUT2D eigenvalue weighted by Gasteiger charge is 2.24. The van der Waals surface area contributed by atoms with Gasteiger partial charge in [-0.1, -0.05) is 0 Å². The molecule has 8 nitrogen and oxygen atoms in total. The van der Waals surface area contributed by atoms with E-state index >= 15 is 0 Å². The number of nitrogens with zero attached hydrogens (tertiary/aromatic N) is 4. The third-order valence-corrected chi connectivity index (χ3v) is 6.44. The molecule has 3 aromatic heterocycles. The molecule has 10 heteroatoms. The van der Waals surface area contributed by atoms with Gasteiger partial charge in [0, 0.05) is 44.0 Å². The zero-order valence-corrected chi connectivity index (χ0v) is 17.6.